The first-order chi connectivity index (χ1) is 9.48. The van der Waals surface area contributed by atoms with Gasteiger partial charge in [-0.25, -0.2) is 9.18 Å². The minimum Gasteiger partial charge on any atom is -0.388 e. The van der Waals surface area contributed by atoms with E-state index < -0.39 is 17.4 Å². The van der Waals surface area contributed by atoms with E-state index >= 15 is 0 Å². The van der Waals surface area contributed by atoms with Crippen LogP contribution in [0.2, 0.25) is 0 Å². The van der Waals surface area contributed by atoms with Crippen molar-refractivity contribution in [2.75, 3.05) is 25.1 Å². The van der Waals surface area contributed by atoms with Crippen LogP contribution in [0.5, 0.6) is 0 Å². The Kier molecular flexibility index (Phi) is 4.57. The van der Waals surface area contributed by atoms with Gasteiger partial charge in [0.2, 0.25) is 0 Å². The van der Waals surface area contributed by atoms with Crippen molar-refractivity contribution in [2.24, 2.45) is 0 Å². The second kappa shape index (κ2) is 6.19. The summed E-state index contributed by atoms with van der Waals surface area (Å²) in [6.07, 6.45) is 0.985. The minimum absolute atomic E-state index is 0.149. The van der Waals surface area contributed by atoms with E-state index in [1.54, 1.807) is 13.0 Å². The van der Waals surface area contributed by atoms with E-state index in [9.17, 15) is 14.3 Å². The summed E-state index contributed by atoms with van der Waals surface area (Å²) in [5.41, 5.74) is 0.264. The molecule has 0 aromatic heterocycles. The van der Waals surface area contributed by atoms with Crippen molar-refractivity contribution < 1.29 is 19.0 Å². The molecular formula is C14H19FN2O3. The van der Waals surface area contributed by atoms with E-state index in [1.165, 1.54) is 12.1 Å². The van der Waals surface area contributed by atoms with Crippen LogP contribution in [-0.4, -0.2) is 36.5 Å². The predicted molar refractivity (Wildman–Crippen MR) is 73.2 cm³/mol. The van der Waals surface area contributed by atoms with Crippen LogP contribution < -0.4 is 10.6 Å². The van der Waals surface area contributed by atoms with Gasteiger partial charge >= 0.3 is 6.03 Å². The highest BCUT2D eigenvalue weighted by Gasteiger charge is 2.30. The highest BCUT2D eigenvalue weighted by molar-refractivity contribution is 5.90. The first kappa shape index (κ1) is 14.7. The fourth-order valence-corrected chi connectivity index (χ4v) is 2.07. The third-order valence-corrected chi connectivity index (χ3v) is 3.45. The monoisotopic (exact) mass is 282 g/mol. The molecule has 6 heteroatoms. The van der Waals surface area contributed by atoms with Crippen molar-refractivity contribution in [3.05, 3.63) is 29.6 Å². The normalized spacial score (nSPS) is 17.6. The molecule has 0 radical (unpaired) electrons. The van der Waals surface area contributed by atoms with Gasteiger partial charge in [0.25, 0.3) is 0 Å². The summed E-state index contributed by atoms with van der Waals surface area (Å²) in [4.78, 5) is 11.8. The Bertz CT molecular complexity index is 487. The highest BCUT2D eigenvalue weighted by Crippen LogP contribution is 2.19. The smallest absolute Gasteiger partial charge is 0.319 e. The summed E-state index contributed by atoms with van der Waals surface area (Å²) in [7, 11) is 0. The second-order valence-electron chi connectivity index (χ2n) is 5.10. The number of amides is 2. The predicted octanol–water partition coefficient (Wildman–Crippen LogP) is 1.80. The van der Waals surface area contributed by atoms with E-state index in [1.807, 2.05) is 0 Å². The third kappa shape index (κ3) is 3.91. The topological polar surface area (TPSA) is 70.6 Å². The van der Waals surface area contributed by atoms with Gasteiger partial charge in [-0.2, -0.15) is 0 Å². The Labute approximate surface area is 117 Å². The first-order valence-corrected chi connectivity index (χ1v) is 6.60. The van der Waals surface area contributed by atoms with Crippen molar-refractivity contribution in [3.63, 3.8) is 0 Å². The molecule has 2 amide bonds. The van der Waals surface area contributed by atoms with Gasteiger partial charge in [-0.15, -0.1) is 0 Å². The summed E-state index contributed by atoms with van der Waals surface area (Å²) < 4.78 is 18.3. The molecule has 0 atom stereocenters. The van der Waals surface area contributed by atoms with Gasteiger partial charge in [0.05, 0.1) is 5.60 Å². The van der Waals surface area contributed by atoms with Gasteiger partial charge in [0.15, 0.2) is 0 Å². The van der Waals surface area contributed by atoms with Crippen LogP contribution in [0.3, 0.4) is 0 Å². The number of urea groups is 1. The molecule has 1 heterocycles. The van der Waals surface area contributed by atoms with Crippen LogP contribution in [0.15, 0.2) is 18.2 Å². The molecular weight excluding hydrogens is 263 g/mol. The van der Waals surface area contributed by atoms with E-state index in [2.05, 4.69) is 10.6 Å². The molecule has 1 aromatic rings. The number of rotatable bonds is 3. The van der Waals surface area contributed by atoms with Crippen molar-refractivity contribution >= 4 is 11.7 Å². The standard InChI is InChI=1S/C14H19FN2O3/c1-10-2-3-11(15)8-12(10)17-13(18)16-9-14(19)4-6-20-7-5-14/h2-3,8,19H,4-7,9H2,1H3,(H2,16,17,18). The summed E-state index contributed by atoms with van der Waals surface area (Å²) in [5, 5.41) is 15.4. The molecule has 0 unspecified atom stereocenters. The molecule has 0 bridgehead atoms. The van der Waals surface area contributed by atoms with Crippen LogP contribution in [0.4, 0.5) is 14.9 Å². The number of aliphatic hydroxyl groups is 1. The number of nitrogens with one attached hydrogen (secondary N) is 2. The zero-order valence-corrected chi connectivity index (χ0v) is 11.4. The van der Waals surface area contributed by atoms with Crippen molar-refractivity contribution in [1.82, 2.24) is 5.32 Å². The van der Waals surface area contributed by atoms with E-state index in [-0.39, 0.29) is 6.54 Å². The summed E-state index contributed by atoms with van der Waals surface area (Å²) >= 11 is 0. The number of anilines is 1. The molecule has 0 aliphatic carbocycles. The number of hydrogen-bond donors (Lipinski definition) is 3. The van der Waals surface area contributed by atoms with Crippen LogP contribution in [0.25, 0.3) is 0 Å². The molecule has 2 rings (SSSR count). The fourth-order valence-electron chi connectivity index (χ4n) is 2.07. The molecule has 0 spiro atoms. The maximum Gasteiger partial charge on any atom is 0.319 e. The number of ether oxygens (including phenoxy) is 1. The maximum absolute atomic E-state index is 13.1. The average molecular weight is 282 g/mol. The lowest BCUT2D eigenvalue weighted by Gasteiger charge is -2.32. The Balaban J connectivity index is 1.87. The molecule has 20 heavy (non-hydrogen) atoms. The van der Waals surface area contributed by atoms with Crippen molar-refractivity contribution in [1.29, 1.82) is 0 Å². The SMILES string of the molecule is Cc1ccc(F)cc1NC(=O)NCC1(O)CCOCC1. The quantitative estimate of drug-likeness (QED) is 0.791. The largest absolute Gasteiger partial charge is 0.388 e. The van der Waals surface area contributed by atoms with Crippen LogP contribution in [0.1, 0.15) is 18.4 Å². The number of carbonyl (C=O) groups is 1. The van der Waals surface area contributed by atoms with Crippen LogP contribution in [0, 0.1) is 12.7 Å². The Morgan fingerprint density at radius 3 is 2.85 bits per heavy atom. The second-order valence-corrected chi connectivity index (χ2v) is 5.10. The van der Waals surface area contributed by atoms with E-state index in [0.717, 1.165) is 5.56 Å². The van der Waals surface area contributed by atoms with Crippen molar-refractivity contribution in [2.45, 2.75) is 25.4 Å². The van der Waals surface area contributed by atoms with E-state index in [4.69, 9.17) is 4.74 Å². The number of halogens is 1. The number of hydrogen-bond acceptors (Lipinski definition) is 3. The van der Waals surface area contributed by atoms with E-state index in [0.29, 0.717) is 31.7 Å². The Hall–Kier alpha value is -1.66. The van der Waals surface area contributed by atoms with Gasteiger partial charge in [-0.1, -0.05) is 6.07 Å². The molecule has 1 aliphatic rings. The molecule has 0 saturated carbocycles. The summed E-state index contributed by atoms with van der Waals surface area (Å²) in [5.74, 6) is -0.408. The van der Waals surface area contributed by atoms with Gasteiger partial charge in [-0.05, 0) is 24.6 Å². The Morgan fingerprint density at radius 2 is 2.15 bits per heavy atom. The zero-order valence-electron chi connectivity index (χ0n) is 11.4. The number of benzene rings is 1. The molecule has 1 fully saturated rings. The summed E-state index contributed by atoms with van der Waals surface area (Å²) in [6, 6.07) is 3.73. The lowest BCUT2D eigenvalue weighted by molar-refractivity contribution is -0.0598. The van der Waals surface area contributed by atoms with Crippen LogP contribution in [-0.2, 0) is 4.74 Å². The van der Waals surface area contributed by atoms with Gasteiger partial charge < -0.3 is 20.5 Å². The zero-order chi connectivity index (χ0) is 14.6. The number of carbonyl (C=O) groups excluding carboxylic acids is 1. The Morgan fingerprint density at radius 1 is 1.45 bits per heavy atom. The molecule has 110 valence electrons. The summed E-state index contributed by atoms with van der Waals surface area (Å²) in [6.45, 7) is 2.91. The molecule has 1 aromatic carbocycles. The molecule has 1 saturated heterocycles. The highest BCUT2D eigenvalue weighted by atomic mass is 19.1. The van der Waals surface area contributed by atoms with Crippen LogP contribution >= 0.6 is 0 Å². The lowest BCUT2D eigenvalue weighted by Crippen LogP contribution is -2.47. The maximum atomic E-state index is 13.1. The minimum atomic E-state index is -0.924. The van der Waals surface area contributed by atoms with Gasteiger partial charge in [0, 0.05) is 38.3 Å². The van der Waals surface area contributed by atoms with Gasteiger partial charge in [0.1, 0.15) is 5.82 Å². The lowest BCUT2D eigenvalue weighted by atomic mass is 9.94. The molecule has 1 aliphatic heterocycles. The third-order valence-electron chi connectivity index (χ3n) is 3.45. The van der Waals surface area contributed by atoms with Gasteiger partial charge in [-0.3, -0.25) is 0 Å². The van der Waals surface area contributed by atoms with Crippen molar-refractivity contribution in [3.8, 4) is 0 Å². The molecule has 5 nitrogen and oxygen atoms in total. The fraction of sp³-hybridized carbons (Fsp3) is 0.500. The average Bonchev–Trinajstić information content (AvgIpc) is 2.42. The first-order valence-electron chi connectivity index (χ1n) is 6.60. The number of aryl methyl sites for hydroxylation is 1. The molecule has 3 N–H and O–H groups in total.